The van der Waals surface area contributed by atoms with Gasteiger partial charge in [0, 0.05) is 25.6 Å². The zero-order chi connectivity index (χ0) is 14.8. The Labute approximate surface area is 132 Å². The van der Waals surface area contributed by atoms with E-state index in [9.17, 15) is 0 Å². The number of anilines is 1. The molecule has 2 aliphatic heterocycles. The predicted octanol–water partition coefficient (Wildman–Crippen LogP) is 3.62. The van der Waals surface area contributed by atoms with E-state index in [4.69, 9.17) is 14.5 Å². The molecule has 120 valence electrons. The van der Waals surface area contributed by atoms with Gasteiger partial charge in [-0.3, -0.25) is 0 Å². The summed E-state index contributed by atoms with van der Waals surface area (Å²) in [5, 5.41) is 3.53. The number of ether oxygens (including phenoxy) is 2. The monoisotopic (exact) mass is 302 g/mol. The Morgan fingerprint density at radius 2 is 1.91 bits per heavy atom. The van der Waals surface area contributed by atoms with Crippen molar-refractivity contribution in [2.75, 3.05) is 25.1 Å². The molecule has 0 radical (unpaired) electrons. The standard InChI is InChI=1S/C18H26N2O2/c1-2-9-19-17-15(12-16(13-20-17)14-5-6-14)4-3-8-18(7-1)21-10-11-22-18/h12-14H,1-11H2,(H,19,20). The van der Waals surface area contributed by atoms with Gasteiger partial charge in [0.2, 0.25) is 0 Å². The lowest BCUT2D eigenvalue weighted by molar-refractivity contribution is -0.168. The SMILES string of the molecule is c1nc2c(cc1C1CC1)CCCC1(CCCCN2)OCCO1. The molecule has 4 heteroatoms. The minimum absolute atomic E-state index is 0.300. The van der Waals surface area contributed by atoms with Crippen LogP contribution in [0.3, 0.4) is 0 Å². The van der Waals surface area contributed by atoms with Crippen LogP contribution in [0.25, 0.3) is 0 Å². The first kappa shape index (κ1) is 14.5. The summed E-state index contributed by atoms with van der Waals surface area (Å²) in [6.07, 6.45) is 11.2. The molecule has 2 fully saturated rings. The lowest BCUT2D eigenvalue weighted by Gasteiger charge is -2.27. The summed E-state index contributed by atoms with van der Waals surface area (Å²) in [4.78, 5) is 4.70. The number of nitrogens with zero attached hydrogens (tertiary/aromatic N) is 1. The Hall–Kier alpha value is -1.13. The fraction of sp³-hybridized carbons (Fsp3) is 0.722. The average molecular weight is 302 g/mol. The summed E-state index contributed by atoms with van der Waals surface area (Å²) in [6.45, 7) is 2.49. The van der Waals surface area contributed by atoms with Gasteiger partial charge in [-0.25, -0.2) is 4.98 Å². The Morgan fingerprint density at radius 1 is 1.09 bits per heavy atom. The summed E-state index contributed by atoms with van der Waals surface area (Å²) in [5.74, 6) is 1.56. The van der Waals surface area contributed by atoms with E-state index in [0.29, 0.717) is 0 Å². The van der Waals surface area contributed by atoms with Gasteiger partial charge in [-0.05, 0) is 55.6 Å². The third-order valence-corrected chi connectivity index (χ3v) is 5.13. The van der Waals surface area contributed by atoms with Crippen molar-refractivity contribution in [2.45, 2.75) is 63.1 Å². The van der Waals surface area contributed by atoms with Gasteiger partial charge in [0.05, 0.1) is 13.2 Å². The molecule has 0 aromatic carbocycles. The van der Waals surface area contributed by atoms with Crippen molar-refractivity contribution >= 4 is 5.82 Å². The summed E-state index contributed by atoms with van der Waals surface area (Å²) in [7, 11) is 0. The molecule has 1 N–H and O–H groups in total. The summed E-state index contributed by atoms with van der Waals surface area (Å²) in [6, 6.07) is 2.38. The Morgan fingerprint density at radius 3 is 2.73 bits per heavy atom. The molecule has 4 rings (SSSR count). The largest absolute Gasteiger partial charge is 0.370 e. The van der Waals surface area contributed by atoms with Crippen LogP contribution in [0.2, 0.25) is 0 Å². The van der Waals surface area contributed by atoms with Crippen molar-refractivity contribution in [3.05, 3.63) is 23.4 Å². The number of nitrogens with one attached hydrogen (secondary N) is 1. The second-order valence-corrected chi connectivity index (χ2v) is 6.90. The van der Waals surface area contributed by atoms with Gasteiger partial charge >= 0.3 is 0 Å². The quantitative estimate of drug-likeness (QED) is 0.860. The number of pyridine rings is 1. The third-order valence-electron chi connectivity index (χ3n) is 5.13. The second kappa shape index (κ2) is 6.17. The summed E-state index contributed by atoms with van der Waals surface area (Å²) < 4.78 is 11.9. The highest BCUT2D eigenvalue weighted by atomic mass is 16.7. The number of hydrogen-bond acceptors (Lipinski definition) is 4. The van der Waals surface area contributed by atoms with Crippen LogP contribution in [-0.4, -0.2) is 30.5 Å². The third kappa shape index (κ3) is 3.13. The maximum Gasteiger partial charge on any atom is 0.168 e. The zero-order valence-corrected chi connectivity index (χ0v) is 13.3. The molecule has 0 bridgehead atoms. The molecular weight excluding hydrogens is 276 g/mol. The van der Waals surface area contributed by atoms with Crippen molar-refractivity contribution in [1.29, 1.82) is 0 Å². The van der Waals surface area contributed by atoms with Crippen LogP contribution in [0.1, 0.15) is 62.0 Å². The first-order valence-electron chi connectivity index (χ1n) is 8.85. The molecule has 1 saturated carbocycles. The Kier molecular flexibility index (Phi) is 4.05. The molecule has 1 aliphatic carbocycles. The van der Waals surface area contributed by atoms with Crippen LogP contribution in [0.15, 0.2) is 12.3 Å². The van der Waals surface area contributed by atoms with Crippen LogP contribution in [-0.2, 0) is 15.9 Å². The topological polar surface area (TPSA) is 43.4 Å². The van der Waals surface area contributed by atoms with E-state index in [-0.39, 0.29) is 5.79 Å². The van der Waals surface area contributed by atoms with Gasteiger partial charge < -0.3 is 14.8 Å². The highest BCUT2D eigenvalue weighted by Gasteiger charge is 2.35. The van der Waals surface area contributed by atoms with Crippen LogP contribution in [0.5, 0.6) is 0 Å². The normalized spacial score (nSPS) is 25.3. The molecule has 1 aromatic heterocycles. The van der Waals surface area contributed by atoms with E-state index in [1.54, 1.807) is 0 Å². The van der Waals surface area contributed by atoms with E-state index < -0.39 is 0 Å². The fourth-order valence-corrected chi connectivity index (χ4v) is 3.70. The fourth-order valence-electron chi connectivity index (χ4n) is 3.70. The number of rotatable bonds is 1. The van der Waals surface area contributed by atoms with Crippen LogP contribution in [0.4, 0.5) is 5.82 Å². The molecule has 1 saturated heterocycles. The number of fused-ring (bicyclic) bond motifs is 1. The highest BCUT2D eigenvalue weighted by molar-refractivity contribution is 5.46. The Balaban J connectivity index is 1.51. The van der Waals surface area contributed by atoms with Crippen LogP contribution in [0, 0.1) is 0 Å². The highest BCUT2D eigenvalue weighted by Crippen LogP contribution is 2.41. The lowest BCUT2D eigenvalue weighted by atomic mass is 9.99. The summed E-state index contributed by atoms with van der Waals surface area (Å²) >= 11 is 0. The van der Waals surface area contributed by atoms with E-state index in [1.807, 2.05) is 0 Å². The van der Waals surface area contributed by atoms with Gasteiger partial charge in [-0.15, -0.1) is 0 Å². The summed E-state index contributed by atoms with van der Waals surface area (Å²) in [5.41, 5.74) is 2.80. The Bertz CT molecular complexity index is 522. The number of aryl methyl sites for hydroxylation is 1. The molecule has 1 spiro atoms. The molecule has 0 amide bonds. The van der Waals surface area contributed by atoms with E-state index in [0.717, 1.165) is 70.0 Å². The molecule has 0 atom stereocenters. The maximum absolute atomic E-state index is 5.96. The molecule has 4 nitrogen and oxygen atoms in total. The van der Waals surface area contributed by atoms with Gasteiger partial charge in [-0.1, -0.05) is 6.07 Å². The zero-order valence-electron chi connectivity index (χ0n) is 13.3. The maximum atomic E-state index is 5.96. The minimum atomic E-state index is -0.300. The van der Waals surface area contributed by atoms with E-state index in [1.165, 1.54) is 24.0 Å². The van der Waals surface area contributed by atoms with Crippen LogP contribution < -0.4 is 5.32 Å². The first-order chi connectivity index (χ1) is 10.8. The van der Waals surface area contributed by atoms with Gasteiger partial charge in [-0.2, -0.15) is 0 Å². The van der Waals surface area contributed by atoms with Crippen molar-refractivity contribution in [1.82, 2.24) is 4.98 Å². The number of hydrogen-bond donors (Lipinski definition) is 1. The number of aromatic nitrogens is 1. The smallest absolute Gasteiger partial charge is 0.168 e. The molecule has 3 heterocycles. The second-order valence-electron chi connectivity index (χ2n) is 6.90. The molecular formula is C18H26N2O2. The molecule has 22 heavy (non-hydrogen) atoms. The van der Waals surface area contributed by atoms with Crippen molar-refractivity contribution < 1.29 is 9.47 Å². The van der Waals surface area contributed by atoms with E-state index >= 15 is 0 Å². The van der Waals surface area contributed by atoms with Crippen molar-refractivity contribution in [3.8, 4) is 0 Å². The minimum Gasteiger partial charge on any atom is -0.370 e. The molecule has 3 aliphatic rings. The average Bonchev–Trinajstić information content (AvgIpc) is 3.28. The van der Waals surface area contributed by atoms with Crippen molar-refractivity contribution in [3.63, 3.8) is 0 Å². The van der Waals surface area contributed by atoms with Gasteiger partial charge in [0.15, 0.2) is 5.79 Å². The van der Waals surface area contributed by atoms with E-state index in [2.05, 4.69) is 17.6 Å². The molecule has 0 unspecified atom stereocenters. The predicted molar refractivity (Wildman–Crippen MR) is 86.1 cm³/mol. The van der Waals surface area contributed by atoms with Crippen molar-refractivity contribution in [2.24, 2.45) is 0 Å². The van der Waals surface area contributed by atoms with Gasteiger partial charge in [0.1, 0.15) is 5.82 Å². The first-order valence-corrected chi connectivity index (χ1v) is 8.85. The van der Waals surface area contributed by atoms with Crippen LogP contribution >= 0.6 is 0 Å². The van der Waals surface area contributed by atoms with Gasteiger partial charge in [0.25, 0.3) is 0 Å². The molecule has 1 aromatic rings. The lowest BCUT2D eigenvalue weighted by Crippen LogP contribution is -2.30.